The van der Waals surface area contributed by atoms with E-state index in [1.54, 1.807) is 0 Å². The van der Waals surface area contributed by atoms with E-state index in [-0.39, 0.29) is 6.10 Å². The summed E-state index contributed by atoms with van der Waals surface area (Å²) in [6.07, 6.45) is 1.77. The first kappa shape index (κ1) is 18.1. The SMILES string of the molecule is C=CC1OP(c2ccccc2)(c2ccccc2)(c2ccccc2)c2ccccc21. The van der Waals surface area contributed by atoms with Crippen LogP contribution in [0.2, 0.25) is 0 Å². The number of hydrogen-bond donors (Lipinski definition) is 0. The normalized spacial score (nSPS) is 20.1. The summed E-state index contributed by atoms with van der Waals surface area (Å²) in [5.74, 6) is 0. The van der Waals surface area contributed by atoms with Gasteiger partial charge >= 0.3 is 172 Å². The molecule has 1 heterocycles. The molecule has 4 aromatic rings. The van der Waals surface area contributed by atoms with Gasteiger partial charge in [0.05, 0.1) is 0 Å². The van der Waals surface area contributed by atoms with Crippen molar-refractivity contribution in [2.45, 2.75) is 6.10 Å². The van der Waals surface area contributed by atoms with E-state index in [4.69, 9.17) is 4.52 Å². The molecule has 0 fully saturated rings. The molecule has 0 aromatic heterocycles. The van der Waals surface area contributed by atoms with E-state index in [0.717, 1.165) is 0 Å². The molecule has 1 aliphatic heterocycles. The molecule has 1 aliphatic rings. The molecular weight excluding hydrogens is 371 g/mol. The molecule has 5 rings (SSSR count). The Morgan fingerprint density at radius 3 is 1.45 bits per heavy atom. The molecule has 0 aliphatic carbocycles. The van der Waals surface area contributed by atoms with Gasteiger partial charge in [0.15, 0.2) is 0 Å². The second kappa shape index (κ2) is 6.81. The van der Waals surface area contributed by atoms with E-state index in [0.29, 0.717) is 0 Å². The van der Waals surface area contributed by atoms with Crippen molar-refractivity contribution in [1.29, 1.82) is 0 Å². The second-order valence-corrected chi connectivity index (χ2v) is 11.7. The quantitative estimate of drug-likeness (QED) is 0.349. The van der Waals surface area contributed by atoms with Crippen molar-refractivity contribution in [3.8, 4) is 0 Å². The minimum atomic E-state index is -3.41. The third kappa shape index (κ3) is 2.29. The third-order valence-corrected chi connectivity index (χ3v) is 11.8. The first-order chi connectivity index (χ1) is 14.3. The molecule has 0 radical (unpaired) electrons. The van der Waals surface area contributed by atoms with E-state index < -0.39 is 6.83 Å². The van der Waals surface area contributed by atoms with Gasteiger partial charge < -0.3 is 0 Å². The van der Waals surface area contributed by atoms with Crippen LogP contribution in [0.5, 0.6) is 0 Å². The van der Waals surface area contributed by atoms with E-state index in [2.05, 4.69) is 122 Å². The fourth-order valence-electron chi connectivity index (χ4n) is 4.81. The average molecular weight is 394 g/mol. The Balaban J connectivity index is 2.06. The predicted molar refractivity (Wildman–Crippen MR) is 125 cm³/mol. The van der Waals surface area contributed by atoms with Gasteiger partial charge in [-0.1, -0.05) is 0 Å². The monoisotopic (exact) mass is 394 g/mol. The molecule has 0 N–H and O–H groups in total. The Bertz CT molecular complexity index is 1050. The van der Waals surface area contributed by atoms with E-state index in [9.17, 15) is 0 Å². The maximum atomic E-state index is 7.33. The van der Waals surface area contributed by atoms with Gasteiger partial charge in [0.2, 0.25) is 0 Å². The standard InChI is InChI=1S/C27H23OP/c1-2-26-25-20-12-13-21-27(25)29(28-26,22-14-6-3-7-15-22,23-16-8-4-9-17-23)24-18-10-5-11-19-24/h2-21,26H,1H2. The molecule has 29 heavy (non-hydrogen) atoms. The molecule has 0 saturated heterocycles. The van der Waals surface area contributed by atoms with Crippen molar-refractivity contribution < 1.29 is 4.52 Å². The average Bonchev–Trinajstić information content (AvgIpc) is 3.14. The van der Waals surface area contributed by atoms with Crippen LogP contribution in [0.4, 0.5) is 0 Å². The summed E-state index contributed by atoms with van der Waals surface area (Å²) >= 11 is 0. The zero-order valence-electron chi connectivity index (χ0n) is 16.2. The Kier molecular flexibility index (Phi) is 4.24. The minimum absolute atomic E-state index is 0.163. The van der Waals surface area contributed by atoms with Gasteiger partial charge in [0.1, 0.15) is 0 Å². The van der Waals surface area contributed by atoms with Crippen LogP contribution in [0.3, 0.4) is 0 Å². The van der Waals surface area contributed by atoms with Crippen LogP contribution in [0.1, 0.15) is 11.7 Å². The molecule has 0 saturated carbocycles. The molecule has 0 bridgehead atoms. The number of benzene rings is 4. The Morgan fingerprint density at radius 1 is 0.586 bits per heavy atom. The molecule has 2 heteroatoms. The molecule has 4 aromatic carbocycles. The van der Waals surface area contributed by atoms with Crippen LogP contribution in [0, 0.1) is 0 Å². The van der Waals surface area contributed by atoms with Crippen LogP contribution in [-0.2, 0) is 4.52 Å². The number of hydrogen-bond acceptors (Lipinski definition) is 1. The van der Waals surface area contributed by atoms with Gasteiger partial charge in [0.25, 0.3) is 0 Å². The summed E-state index contributed by atoms with van der Waals surface area (Å²) in [4.78, 5) is 0. The van der Waals surface area contributed by atoms with Gasteiger partial charge in [-0.2, -0.15) is 0 Å². The second-order valence-electron chi connectivity index (χ2n) is 7.36. The van der Waals surface area contributed by atoms with Gasteiger partial charge in [-0.25, -0.2) is 0 Å². The molecule has 0 amide bonds. The van der Waals surface area contributed by atoms with E-state index in [1.807, 2.05) is 6.08 Å². The summed E-state index contributed by atoms with van der Waals surface area (Å²) in [5, 5.41) is 4.92. The fourth-order valence-corrected chi connectivity index (χ4v) is 11.0. The van der Waals surface area contributed by atoms with Crippen molar-refractivity contribution in [2.75, 3.05) is 0 Å². The molecule has 0 spiro atoms. The Labute approximate surface area is 172 Å². The Hall–Kier alpha value is -2.99. The van der Waals surface area contributed by atoms with Crippen molar-refractivity contribution in [2.24, 2.45) is 0 Å². The molecule has 1 nitrogen and oxygen atoms in total. The summed E-state index contributed by atoms with van der Waals surface area (Å²) < 4.78 is 7.33. The van der Waals surface area contributed by atoms with Gasteiger partial charge in [-0.05, 0) is 0 Å². The van der Waals surface area contributed by atoms with Gasteiger partial charge in [-0.15, -0.1) is 0 Å². The topological polar surface area (TPSA) is 9.23 Å². The van der Waals surface area contributed by atoms with Crippen LogP contribution in [0.15, 0.2) is 128 Å². The van der Waals surface area contributed by atoms with Gasteiger partial charge in [0, 0.05) is 0 Å². The molecule has 1 unspecified atom stereocenters. The van der Waals surface area contributed by atoms with Crippen LogP contribution < -0.4 is 21.2 Å². The zero-order valence-corrected chi connectivity index (χ0v) is 17.1. The van der Waals surface area contributed by atoms with E-state index >= 15 is 0 Å². The first-order valence-electron chi connectivity index (χ1n) is 9.90. The first-order valence-corrected chi connectivity index (χ1v) is 12.1. The van der Waals surface area contributed by atoms with Crippen molar-refractivity contribution in [1.82, 2.24) is 0 Å². The summed E-state index contributed by atoms with van der Waals surface area (Å²) in [7, 11) is 0. The van der Waals surface area contributed by atoms with Crippen molar-refractivity contribution in [3.63, 3.8) is 0 Å². The number of fused-ring (bicyclic) bond motifs is 1. The van der Waals surface area contributed by atoms with Crippen LogP contribution >= 0.6 is 6.83 Å². The molecule has 142 valence electrons. The van der Waals surface area contributed by atoms with Crippen LogP contribution in [-0.4, -0.2) is 0 Å². The Morgan fingerprint density at radius 2 is 1.00 bits per heavy atom. The number of rotatable bonds is 4. The van der Waals surface area contributed by atoms with Crippen LogP contribution in [0.25, 0.3) is 0 Å². The third-order valence-electron chi connectivity index (χ3n) is 5.99. The zero-order chi connectivity index (χ0) is 19.8. The molecular formula is C27H23OP. The predicted octanol–water partition coefficient (Wildman–Crippen LogP) is 5.01. The fraction of sp³-hybridized carbons (Fsp3) is 0.0370. The summed E-state index contributed by atoms with van der Waals surface area (Å²) in [6.45, 7) is 0.705. The maximum absolute atomic E-state index is 7.33. The van der Waals surface area contributed by atoms with Crippen molar-refractivity contribution >= 4 is 28.0 Å². The van der Waals surface area contributed by atoms with Gasteiger partial charge in [-0.3, -0.25) is 0 Å². The molecule has 1 atom stereocenters. The summed E-state index contributed by atoms with van der Waals surface area (Å²) in [5.41, 5.74) is 1.21. The van der Waals surface area contributed by atoms with Crippen molar-refractivity contribution in [3.05, 3.63) is 133 Å². The summed E-state index contributed by atoms with van der Waals surface area (Å²) in [6, 6.07) is 40.9. The van der Waals surface area contributed by atoms with E-state index in [1.165, 1.54) is 26.8 Å².